The first-order valence-corrected chi connectivity index (χ1v) is 7.66. The van der Waals surface area contributed by atoms with Crippen molar-refractivity contribution in [3.05, 3.63) is 53.8 Å². The summed E-state index contributed by atoms with van der Waals surface area (Å²) < 4.78 is 23.7. The van der Waals surface area contributed by atoms with E-state index in [0.29, 0.717) is 24.5 Å². The maximum atomic E-state index is 13.0. The molecule has 5 heteroatoms. The van der Waals surface area contributed by atoms with Gasteiger partial charge in [-0.15, -0.1) is 0 Å². The molecule has 2 aliphatic rings. The summed E-state index contributed by atoms with van der Waals surface area (Å²) in [5, 5.41) is 0. The number of hydrogen-bond acceptors (Lipinski definition) is 3. The number of halogens is 1. The van der Waals surface area contributed by atoms with Crippen LogP contribution in [0.2, 0.25) is 0 Å². The molecule has 1 saturated heterocycles. The second-order valence-corrected chi connectivity index (χ2v) is 5.82. The van der Waals surface area contributed by atoms with Crippen molar-refractivity contribution in [2.24, 2.45) is 0 Å². The van der Waals surface area contributed by atoms with E-state index < -0.39 is 0 Å². The summed E-state index contributed by atoms with van der Waals surface area (Å²) in [6, 6.07) is 12.0. The van der Waals surface area contributed by atoms with E-state index in [0.717, 1.165) is 17.7 Å². The maximum Gasteiger partial charge on any atom is 0.231 e. The number of fused-ring (bicyclic) bond motifs is 1. The van der Waals surface area contributed by atoms with E-state index in [4.69, 9.17) is 9.47 Å². The fourth-order valence-corrected chi connectivity index (χ4v) is 3.18. The molecule has 0 bridgehead atoms. The van der Waals surface area contributed by atoms with Crippen molar-refractivity contribution in [3.63, 3.8) is 0 Å². The smallest absolute Gasteiger partial charge is 0.231 e. The zero-order valence-electron chi connectivity index (χ0n) is 12.5. The molecule has 0 spiro atoms. The predicted molar refractivity (Wildman–Crippen MR) is 83.3 cm³/mol. The topological polar surface area (TPSA) is 38.8 Å². The third kappa shape index (κ3) is 2.63. The fourth-order valence-electron chi connectivity index (χ4n) is 3.18. The van der Waals surface area contributed by atoms with E-state index in [2.05, 4.69) is 0 Å². The Bertz CT molecular complexity index is 744. The normalized spacial score (nSPS) is 20.0. The van der Waals surface area contributed by atoms with Gasteiger partial charge in [0.15, 0.2) is 11.5 Å². The number of piperidine rings is 1. The minimum Gasteiger partial charge on any atom is -0.454 e. The first-order valence-electron chi connectivity index (χ1n) is 7.66. The van der Waals surface area contributed by atoms with Crippen LogP contribution in [0.15, 0.2) is 42.5 Å². The van der Waals surface area contributed by atoms with Crippen LogP contribution in [0.25, 0.3) is 0 Å². The molecule has 0 aromatic heterocycles. The Balaban J connectivity index is 1.51. The second kappa shape index (κ2) is 5.57. The minimum absolute atomic E-state index is 0.0736. The molecular weight excluding hydrogens is 297 g/mol. The lowest BCUT2D eigenvalue weighted by Gasteiger charge is -2.32. The van der Waals surface area contributed by atoms with Crippen LogP contribution in [0.1, 0.15) is 24.3 Å². The van der Waals surface area contributed by atoms with Gasteiger partial charge in [0.1, 0.15) is 5.82 Å². The van der Waals surface area contributed by atoms with E-state index >= 15 is 0 Å². The van der Waals surface area contributed by atoms with Crippen LogP contribution >= 0.6 is 0 Å². The Kier molecular flexibility index (Phi) is 3.41. The minimum atomic E-state index is -0.252. The summed E-state index contributed by atoms with van der Waals surface area (Å²) in [6.07, 6.45) is 1.28. The van der Waals surface area contributed by atoms with E-state index in [-0.39, 0.29) is 24.4 Å². The monoisotopic (exact) mass is 313 g/mol. The van der Waals surface area contributed by atoms with Crippen molar-refractivity contribution in [3.8, 4) is 11.5 Å². The van der Waals surface area contributed by atoms with Crippen molar-refractivity contribution in [1.29, 1.82) is 0 Å². The van der Waals surface area contributed by atoms with E-state index in [1.807, 2.05) is 18.2 Å². The molecule has 118 valence electrons. The number of ether oxygens (including phenoxy) is 2. The Morgan fingerprint density at radius 1 is 1.04 bits per heavy atom. The van der Waals surface area contributed by atoms with Crippen molar-refractivity contribution in [2.75, 3.05) is 18.2 Å². The molecular formula is C18H16FNO3. The molecule has 0 radical (unpaired) electrons. The molecule has 4 nitrogen and oxygen atoms in total. The van der Waals surface area contributed by atoms with Crippen LogP contribution in [0.3, 0.4) is 0 Å². The standard InChI is InChI=1S/C18H16FNO3/c19-14-3-1-12(2-4-14)13-7-8-20(18(21)9-13)15-5-6-16-17(10-15)23-11-22-16/h1-6,10,13H,7-9,11H2/t13-/m1/s1. The number of rotatable bonds is 2. The van der Waals surface area contributed by atoms with Gasteiger partial charge in [-0.05, 0) is 42.2 Å². The molecule has 2 aromatic carbocycles. The molecule has 1 amide bonds. The summed E-state index contributed by atoms with van der Waals surface area (Å²) in [4.78, 5) is 14.3. The molecule has 0 N–H and O–H groups in total. The number of carbonyl (C=O) groups is 1. The van der Waals surface area contributed by atoms with Crippen molar-refractivity contribution < 1.29 is 18.7 Å². The second-order valence-electron chi connectivity index (χ2n) is 5.82. The molecule has 2 aliphatic heterocycles. The first-order chi connectivity index (χ1) is 11.2. The fraction of sp³-hybridized carbons (Fsp3) is 0.278. The molecule has 2 aromatic rings. The van der Waals surface area contributed by atoms with Crippen LogP contribution < -0.4 is 14.4 Å². The van der Waals surface area contributed by atoms with Gasteiger partial charge in [-0.25, -0.2) is 4.39 Å². The SMILES string of the molecule is O=C1C[C@H](c2ccc(F)cc2)CCN1c1ccc2c(c1)OCO2. The Morgan fingerprint density at radius 2 is 1.83 bits per heavy atom. The van der Waals surface area contributed by atoms with Crippen LogP contribution in [0, 0.1) is 5.82 Å². The lowest BCUT2D eigenvalue weighted by atomic mass is 9.89. The summed E-state index contributed by atoms with van der Waals surface area (Å²) in [5.41, 5.74) is 1.85. The zero-order chi connectivity index (χ0) is 15.8. The predicted octanol–water partition coefficient (Wildman–Crippen LogP) is 3.47. The summed E-state index contributed by atoms with van der Waals surface area (Å²) in [6.45, 7) is 0.861. The van der Waals surface area contributed by atoms with Crippen molar-refractivity contribution >= 4 is 11.6 Å². The van der Waals surface area contributed by atoms with E-state index in [9.17, 15) is 9.18 Å². The van der Waals surface area contributed by atoms with Gasteiger partial charge in [0.25, 0.3) is 0 Å². The van der Waals surface area contributed by atoms with Crippen molar-refractivity contribution in [1.82, 2.24) is 0 Å². The molecule has 1 atom stereocenters. The molecule has 0 unspecified atom stereocenters. The van der Waals surface area contributed by atoms with Crippen LogP contribution in [0.4, 0.5) is 10.1 Å². The number of anilines is 1. The van der Waals surface area contributed by atoms with Gasteiger partial charge in [0.05, 0.1) is 0 Å². The third-order valence-electron chi connectivity index (χ3n) is 4.43. The molecule has 0 aliphatic carbocycles. The van der Waals surface area contributed by atoms with Gasteiger partial charge in [-0.2, -0.15) is 0 Å². The van der Waals surface area contributed by atoms with Crippen LogP contribution in [-0.2, 0) is 4.79 Å². The average molecular weight is 313 g/mol. The van der Waals surface area contributed by atoms with E-state index in [1.54, 1.807) is 17.0 Å². The highest BCUT2D eigenvalue weighted by molar-refractivity contribution is 5.95. The molecule has 0 saturated carbocycles. The molecule has 2 heterocycles. The summed E-state index contributed by atoms with van der Waals surface area (Å²) in [7, 11) is 0. The number of amides is 1. The summed E-state index contributed by atoms with van der Waals surface area (Å²) >= 11 is 0. The van der Waals surface area contributed by atoms with Gasteiger partial charge >= 0.3 is 0 Å². The highest BCUT2D eigenvalue weighted by Crippen LogP contribution is 2.38. The van der Waals surface area contributed by atoms with Gasteiger partial charge in [-0.1, -0.05) is 12.1 Å². The quantitative estimate of drug-likeness (QED) is 0.852. The van der Waals surface area contributed by atoms with Gasteiger partial charge in [-0.3, -0.25) is 4.79 Å². The lowest BCUT2D eigenvalue weighted by molar-refractivity contribution is -0.119. The van der Waals surface area contributed by atoms with Gasteiger partial charge < -0.3 is 14.4 Å². The van der Waals surface area contributed by atoms with E-state index in [1.165, 1.54) is 12.1 Å². The molecule has 4 rings (SSSR count). The zero-order valence-corrected chi connectivity index (χ0v) is 12.5. The summed E-state index contributed by atoms with van der Waals surface area (Å²) in [5.74, 6) is 1.36. The van der Waals surface area contributed by atoms with Crippen LogP contribution in [0.5, 0.6) is 11.5 Å². The third-order valence-corrected chi connectivity index (χ3v) is 4.43. The Morgan fingerprint density at radius 3 is 2.61 bits per heavy atom. The van der Waals surface area contributed by atoms with Gasteiger partial charge in [0.2, 0.25) is 12.7 Å². The Hall–Kier alpha value is -2.56. The maximum absolute atomic E-state index is 13.0. The largest absolute Gasteiger partial charge is 0.454 e. The van der Waals surface area contributed by atoms with Gasteiger partial charge in [0, 0.05) is 24.7 Å². The first kappa shape index (κ1) is 14.1. The molecule has 1 fully saturated rings. The number of nitrogens with zero attached hydrogens (tertiary/aromatic N) is 1. The Labute approximate surface area is 133 Å². The average Bonchev–Trinajstić information content (AvgIpc) is 3.03. The number of hydrogen-bond donors (Lipinski definition) is 0. The highest BCUT2D eigenvalue weighted by Gasteiger charge is 2.28. The lowest BCUT2D eigenvalue weighted by Crippen LogP contribution is -2.38. The number of carbonyl (C=O) groups excluding carboxylic acids is 1. The number of benzene rings is 2. The van der Waals surface area contributed by atoms with Crippen LogP contribution in [-0.4, -0.2) is 19.2 Å². The highest BCUT2D eigenvalue weighted by atomic mass is 19.1. The van der Waals surface area contributed by atoms with Crippen molar-refractivity contribution in [2.45, 2.75) is 18.8 Å². The molecule has 23 heavy (non-hydrogen) atoms.